The number of nitrogens with zero attached hydrogens (tertiary/aromatic N) is 4. The molecule has 1 saturated carbocycles. The van der Waals surface area contributed by atoms with Gasteiger partial charge in [0.1, 0.15) is 6.73 Å². The first-order chi connectivity index (χ1) is 9.79. The van der Waals surface area contributed by atoms with Gasteiger partial charge < -0.3 is 9.30 Å². The molecule has 6 nitrogen and oxygen atoms in total. The van der Waals surface area contributed by atoms with Crippen molar-refractivity contribution < 1.29 is 4.74 Å². The summed E-state index contributed by atoms with van der Waals surface area (Å²) >= 11 is 6.01. The molecule has 2 aromatic heterocycles. The largest absolute Gasteiger partial charge is 0.460 e. The van der Waals surface area contributed by atoms with Crippen LogP contribution in [-0.2, 0) is 0 Å². The summed E-state index contributed by atoms with van der Waals surface area (Å²) in [6.45, 7) is 0.360. The van der Waals surface area contributed by atoms with Crippen LogP contribution in [-0.4, -0.2) is 33.3 Å². The highest BCUT2D eigenvalue weighted by Crippen LogP contribution is 2.32. The Morgan fingerprint density at radius 1 is 1.35 bits per heavy atom. The molecule has 20 heavy (non-hydrogen) atoms. The zero-order valence-electron chi connectivity index (χ0n) is 11.5. The first-order valence-electron chi connectivity index (χ1n) is 6.97. The minimum atomic E-state index is 0.196. The molecule has 0 atom stereocenters. The van der Waals surface area contributed by atoms with Crippen molar-refractivity contribution in [3.63, 3.8) is 0 Å². The summed E-state index contributed by atoms with van der Waals surface area (Å²) in [5.74, 6) is 0.434. The van der Waals surface area contributed by atoms with Gasteiger partial charge in [-0.3, -0.25) is 5.32 Å². The van der Waals surface area contributed by atoms with Gasteiger partial charge in [0.15, 0.2) is 11.2 Å². The highest BCUT2D eigenvalue weighted by Gasteiger charge is 2.20. The van der Waals surface area contributed by atoms with Crippen LogP contribution in [0.3, 0.4) is 0 Å². The Kier molecular flexibility index (Phi) is 4.03. The van der Waals surface area contributed by atoms with E-state index in [2.05, 4.69) is 24.8 Å². The summed E-state index contributed by atoms with van der Waals surface area (Å²) in [5, 5.41) is 3.11. The minimum absolute atomic E-state index is 0.196. The molecule has 2 heterocycles. The van der Waals surface area contributed by atoms with E-state index in [4.69, 9.17) is 16.3 Å². The molecule has 1 fully saturated rings. The standard InChI is InChI=1S/C13H18ClN5O/c1-15-8-20-12-10-11(17-13(14)18-12)19(7-16-10)9-5-3-2-4-6-9/h7,9,15H,2-6,8H2,1H3. The first-order valence-corrected chi connectivity index (χ1v) is 7.35. The lowest BCUT2D eigenvalue weighted by Gasteiger charge is -2.23. The van der Waals surface area contributed by atoms with Crippen molar-refractivity contribution in [3.05, 3.63) is 11.6 Å². The molecular weight excluding hydrogens is 278 g/mol. The Hall–Kier alpha value is -1.40. The van der Waals surface area contributed by atoms with Crippen molar-refractivity contribution in [2.24, 2.45) is 0 Å². The number of imidazole rings is 1. The van der Waals surface area contributed by atoms with Crippen LogP contribution < -0.4 is 10.1 Å². The predicted molar refractivity (Wildman–Crippen MR) is 77.0 cm³/mol. The van der Waals surface area contributed by atoms with Crippen molar-refractivity contribution in [3.8, 4) is 5.88 Å². The number of fused-ring (bicyclic) bond motifs is 1. The van der Waals surface area contributed by atoms with Crippen molar-refractivity contribution in [1.82, 2.24) is 24.8 Å². The monoisotopic (exact) mass is 295 g/mol. The molecule has 0 unspecified atom stereocenters. The van der Waals surface area contributed by atoms with E-state index in [9.17, 15) is 0 Å². The second-order valence-electron chi connectivity index (χ2n) is 5.06. The fourth-order valence-electron chi connectivity index (χ4n) is 2.73. The van der Waals surface area contributed by atoms with Crippen LogP contribution in [0.1, 0.15) is 38.1 Å². The van der Waals surface area contributed by atoms with E-state index in [1.165, 1.54) is 32.1 Å². The minimum Gasteiger partial charge on any atom is -0.460 e. The molecule has 0 spiro atoms. The molecule has 1 aliphatic rings. The van der Waals surface area contributed by atoms with Crippen LogP contribution in [0.2, 0.25) is 5.28 Å². The number of halogens is 1. The average Bonchev–Trinajstić information content (AvgIpc) is 2.89. The topological polar surface area (TPSA) is 64.9 Å². The van der Waals surface area contributed by atoms with E-state index < -0.39 is 0 Å². The SMILES string of the molecule is CNCOc1nc(Cl)nc2c1ncn2C1CCCCC1. The maximum absolute atomic E-state index is 6.01. The van der Waals surface area contributed by atoms with Gasteiger partial charge in [0.25, 0.3) is 0 Å². The van der Waals surface area contributed by atoms with Crippen LogP contribution in [0.15, 0.2) is 6.33 Å². The van der Waals surface area contributed by atoms with Crippen molar-refractivity contribution in [2.45, 2.75) is 38.1 Å². The van der Waals surface area contributed by atoms with Crippen molar-refractivity contribution in [1.29, 1.82) is 0 Å². The molecule has 2 aromatic rings. The molecule has 108 valence electrons. The zero-order chi connectivity index (χ0) is 13.9. The molecule has 0 bridgehead atoms. The third-order valence-corrected chi connectivity index (χ3v) is 3.85. The van der Waals surface area contributed by atoms with Crippen molar-refractivity contribution >= 4 is 22.8 Å². The zero-order valence-corrected chi connectivity index (χ0v) is 12.2. The molecule has 0 amide bonds. The van der Waals surface area contributed by atoms with E-state index >= 15 is 0 Å². The second-order valence-corrected chi connectivity index (χ2v) is 5.39. The third kappa shape index (κ3) is 2.58. The molecule has 0 aliphatic heterocycles. The lowest BCUT2D eigenvalue weighted by Crippen LogP contribution is -2.15. The number of hydrogen-bond acceptors (Lipinski definition) is 5. The van der Waals surface area contributed by atoms with Gasteiger partial charge in [-0.1, -0.05) is 19.3 Å². The number of ether oxygens (including phenoxy) is 1. The number of nitrogens with one attached hydrogen (secondary N) is 1. The number of hydrogen-bond donors (Lipinski definition) is 1. The Labute approximate surface area is 122 Å². The highest BCUT2D eigenvalue weighted by atomic mass is 35.5. The molecule has 1 aliphatic carbocycles. The Bertz CT molecular complexity index is 594. The van der Waals surface area contributed by atoms with Gasteiger partial charge in [0.2, 0.25) is 11.2 Å². The predicted octanol–water partition coefficient (Wildman–Crippen LogP) is 2.54. The second kappa shape index (κ2) is 5.93. The third-order valence-electron chi connectivity index (χ3n) is 3.68. The normalized spacial score (nSPS) is 16.7. The van der Waals surface area contributed by atoms with Gasteiger partial charge in [-0.25, -0.2) is 4.98 Å². The Morgan fingerprint density at radius 2 is 2.15 bits per heavy atom. The van der Waals surface area contributed by atoms with Crippen LogP contribution in [0.4, 0.5) is 0 Å². The number of aromatic nitrogens is 4. The molecule has 0 radical (unpaired) electrons. The summed E-state index contributed by atoms with van der Waals surface area (Å²) in [4.78, 5) is 12.9. The van der Waals surface area contributed by atoms with Gasteiger partial charge in [0.05, 0.1) is 6.33 Å². The molecule has 3 rings (SSSR count). The fraction of sp³-hybridized carbons (Fsp3) is 0.615. The van der Waals surface area contributed by atoms with E-state index in [0.29, 0.717) is 24.2 Å². The Balaban J connectivity index is 2.00. The maximum atomic E-state index is 6.01. The van der Waals surface area contributed by atoms with Gasteiger partial charge in [-0.15, -0.1) is 0 Å². The summed E-state index contributed by atoms with van der Waals surface area (Å²) in [6.07, 6.45) is 7.99. The van der Waals surface area contributed by atoms with Gasteiger partial charge in [-0.2, -0.15) is 9.97 Å². The molecule has 7 heteroatoms. The smallest absolute Gasteiger partial charge is 0.248 e. The molecular formula is C13H18ClN5O. The fourth-order valence-corrected chi connectivity index (χ4v) is 2.89. The summed E-state index contributed by atoms with van der Waals surface area (Å²) in [7, 11) is 1.81. The van der Waals surface area contributed by atoms with Gasteiger partial charge in [0, 0.05) is 6.04 Å². The summed E-state index contributed by atoms with van der Waals surface area (Å²) < 4.78 is 7.65. The quantitative estimate of drug-likeness (QED) is 0.693. The average molecular weight is 296 g/mol. The lowest BCUT2D eigenvalue weighted by molar-refractivity contribution is 0.287. The Morgan fingerprint density at radius 3 is 2.90 bits per heavy atom. The van der Waals surface area contributed by atoms with Crippen molar-refractivity contribution in [2.75, 3.05) is 13.8 Å². The highest BCUT2D eigenvalue weighted by molar-refractivity contribution is 6.28. The van der Waals surface area contributed by atoms with Crippen LogP contribution in [0.25, 0.3) is 11.2 Å². The van der Waals surface area contributed by atoms with Gasteiger partial charge in [-0.05, 0) is 31.5 Å². The van der Waals surface area contributed by atoms with E-state index in [-0.39, 0.29) is 5.28 Å². The van der Waals surface area contributed by atoms with Gasteiger partial charge >= 0.3 is 0 Å². The molecule has 0 saturated heterocycles. The maximum Gasteiger partial charge on any atom is 0.248 e. The van der Waals surface area contributed by atoms with Crippen LogP contribution in [0, 0.1) is 0 Å². The summed E-state index contributed by atoms with van der Waals surface area (Å²) in [6, 6.07) is 0.455. The van der Waals surface area contributed by atoms with Crippen LogP contribution >= 0.6 is 11.6 Å². The molecule has 0 aromatic carbocycles. The van der Waals surface area contributed by atoms with E-state index in [1.807, 2.05) is 6.33 Å². The number of rotatable bonds is 4. The van der Waals surface area contributed by atoms with E-state index in [1.54, 1.807) is 7.05 Å². The van der Waals surface area contributed by atoms with E-state index in [0.717, 1.165) is 5.65 Å². The lowest BCUT2D eigenvalue weighted by atomic mass is 9.95. The van der Waals surface area contributed by atoms with Crippen LogP contribution in [0.5, 0.6) is 5.88 Å². The molecule has 1 N–H and O–H groups in total. The summed E-state index contributed by atoms with van der Waals surface area (Å²) in [5.41, 5.74) is 1.44. The first kappa shape index (κ1) is 13.6.